The summed E-state index contributed by atoms with van der Waals surface area (Å²) in [5.74, 6) is 0.0538. The van der Waals surface area contributed by atoms with Gasteiger partial charge in [-0.3, -0.25) is 9.69 Å². The maximum absolute atomic E-state index is 13.2. The number of carbonyl (C=O) groups is 1. The molecule has 0 spiro atoms. The van der Waals surface area contributed by atoms with Gasteiger partial charge in [-0.15, -0.1) is 0 Å². The molecule has 6 nitrogen and oxygen atoms in total. The molecular formula is C20H21FN4O2. The fraction of sp³-hybridized carbons (Fsp3) is 0.350. The van der Waals surface area contributed by atoms with Crippen LogP contribution in [0.3, 0.4) is 0 Å². The molecule has 2 heterocycles. The van der Waals surface area contributed by atoms with Crippen molar-refractivity contribution in [2.45, 2.75) is 31.7 Å². The smallest absolute Gasteiger partial charge is 0.282 e. The number of aliphatic imine (C=N–C) groups is 1. The predicted molar refractivity (Wildman–Crippen MR) is 100 cm³/mol. The van der Waals surface area contributed by atoms with E-state index in [2.05, 4.69) is 9.98 Å². The molecule has 1 aromatic heterocycles. The number of halogens is 1. The number of anilines is 2. The highest BCUT2D eigenvalue weighted by Gasteiger charge is 2.35. The van der Waals surface area contributed by atoms with Crippen LogP contribution in [0.2, 0.25) is 0 Å². The minimum atomic E-state index is -0.424. The Morgan fingerprint density at radius 3 is 2.59 bits per heavy atom. The number of pyridine rings is 1. The minimum Gasteiger partial charge on any atom is -0.463 e. The number of aromatic nitrogens is 1. The Bertz CT molecular complexity index is 847. The maximum Gasteiger partial charge on any atom is 0.282 e. The van der Waals surface area contributed by atoms with Gasteiger partial charge in [0.15, 0.2) is 0 Å². The quantitative estimate of drug-likeness (QED) is 0.850. The normalized spacial score (nSPS) is 18.7. The topological polar surface area (TPSA) is 80.8 Å². The third kappa shape index (κ3) is 4.07. The van der Waals surface area contributed by atoms with E-state index in [9.17, 15) is 9.18 Å². The van der Waals surface area contributed by atoms with E-state index in [1.807, 2.05) is 24.3 Å². The number of amidine groups is 1. The monoisotopic (exact) mass is 368 g/mol. The van der Waals surface area contributed by atoms with Crippen LogP contribution in [0.25, 0.3) is 0 Å². The summed E-state index contributed by atoms with van der Waals surface area (Å²) in [6, 6.07) is 11.0. The van der Waals surface area contributed by atoms with Crippen LogP contribution in [0, 0.1) is 11.7 Å². The van der Waals surface area contributed by atoms with Crippen LogP contribution in [-0.4, -0.2) is 29.6 Å². The van der Waals surface area contributed by atoms with Gasteiger partial charge >= 0.3 is 0 Å². The predicted octanol–water partition coefficient (Wildman–Crippen LogP) is 2.94. The van der Waals surface area contributed by atoms with Crippen molar-refractivity contribution >= 4 is 23.4 Å². The van der Waals surface area contributed by atoms with E-state index in [0.29, 0.717) is 12.4 Å². The van der Waals surface area contributed by atoms with E-state index in [0.717, 1.165) is 43.1 Å². The molecule has 0 unspecified atom stereocenters. The zero-order chi connectivity index (χ0) is 18.8. The van der Waals surface area contributed by atoms with E-state index in [1.165, 1.54) is 12.1 Å². The largest absolute Gasteiger partial charge is 0.463 e. The van der Waals surface area contributed by atoms with Gasteiger partial charge < -0.3 is 10.5 Å². The number of aryl methyl sites for hydroxylation is 1. The van der Waals surface area contributed by atoms with Gasteiger partial charge in [-0.1, -0.05) is 12.1 Å². The molecule has 7 heteroatoms. The summed E-state index contributed by atoms with van der Waals surface area (Å²) in [5.41, 5.74) is 7.41. The lowest BCUT2D eigenvalue weighted by Crippen LogP contribution is -2.28. The van der Waals surface area contributed by atoms with Crippen molar-refractivity contribution in [2.24, 2.45) is 16.6 Å². The Hall–Kier alpha value is -2.96. The maximum atomic E-state index is 13.2. The number of nitrogens with two attached hydrogens (primary N) is 1. The molecular weight excluding hydrogens is 347 g/mol. The molecule has 1 fully saturated rings. The van der Waals surface area contributed by atoms with Crippen LogP contribution in [0.1, 0.15) is 24.8 Å². The minimum absolute atomic E-state index is 0.00905. The number of nitrogens with zero attached hydrogens (tertiary/aromatic N) is 3. The third-order valence-corrected chi connectivity index (χ3v) is 4.78. The second-order valence-corrected chi connectivity index (χ2v) is 6.92. The molecule has 1 amide bonds. The Morgan fingerprint density at radius 2 is 2.00 bits per heavy atom. The molecule has 27 heavy (non-hydrogen) atoms. The van der Waals surface area contributed by atoms with Crippen molar-refractivity contribution in [3.8, 4) is 0 Å². The summed E-state index contributed by atoms with van der Waals surface area (Å²) in [4.78, 5) is 22.7. The van der Waals surface area contributed by atoms with Crippen LogP contribution in [0.4, 0.5) is 15.9 Å². The molecule has 0 radical (unpaired) electrons. The van der Waals surface area contributed by atoms with Gasteiger partial charge in [0.25, 0.3) is 6.02 Å². The van der Waals surface area contributed by atoms with Crippen LogP contribution in [-0.2, 0) is 16.0 Å². The van der Waals surface area contributed by atoms with E-state index in [4.69, 9.17) is 10.5 Å². The molecule has 4 rings (SSSR count). The van der Waals surface area contributed by atoms with E-state index in [1.54, 1.807) is 4.90 Å². The van der Waals surface area contributed by atoms with Crippen molar-refractivity contribution < 1.29 is 13.9 Å². The molecule has 1 aromatic carbocycles. The van der Waals surface area contributed by atoms with Crippen molar-refractivity contribution in [1.82, 2.24) is 4.98 Å². The lowest BCUT2D eigenvalue weighted by Gasteiger charge is -2.22. The van der Waals surface area contributed by atoms with Gasteiger partial charge in [-0.25, -0.2) is 14.4 Å². The van der Waals surface area contributed by atoms with E-state index in [-0.39, 0.29) is 23.9 Å². The van der Waals surface area contributed by atoms with Gasteiger partial charge in [-0.2, -0.15) is 0 Å². The second-order valence-electron chi connectivity index (χ2n) is 6.92. The average Bonchev–Trinajstić information content (AvgIpc) is 3.45. The first-order valence-corrected chi connectivity index (χ1v) is 9.10. The first-order valence-electron chi connectivity index (χ1n) is 9.10. The van der Waals surface area contributed by atoms with Crippen LogP contribution in [0.5, 0.6) is 0 Å². The van der Waals surface area contributed by atoms with Gasteiger partial charge in [0.2, 0.25) is 5.91 Å². The van der Waals surface area contributed by atoms with E-state index >= 15 is 0 Å². The molecule has 1 aliphatic carbocycles. The number of ether oxygens (including phenoxy) is 1. The molecule has 0 saturated heterocycles. The summed E-state index contributed by atoms with van der Waals surface area (Å²) >= 11 is 0. The molecule has 2 aromatic rings. The summed E-state index contributed by atoms with van der Waals surface area (Å²) in [5, 5.41) is 0. The highest BCUT2D eigenvalue weighted by Crippen LogP contribution is 2.36. The fourth-order valence-corrected chi connectivity index (χ4v) is 3.11. The van der Waals surface area contributed by atoms with Gasteiger partial charge in [0, 0.05) is 5.92 Å². The van der Waals surface area contributed by atoms with Crippen molar-refractivity contribution in [3.05, 3.63) is 54.0 Å². The number of amides is 1. The van der Waals surface area contributed by atoms with E-state index < -0.39 is 5.82 Å². The van der Waals surface area contributed by atoms with Crippen molar-refractivity contribution in [2.75, 3.05) is 11.5 Å². The van der Waals surface area contributed by atoms with Crippen LogP contribution in [0.15, 0.2) is 47.6 Å². The first-order chi connectivity index (χ1) is 13.1. The molecule has 2 aliphatic rings. The Labute approximate surface area is 156 Å². The third-order valence-electron chi connectivity index (χ3n) is 4.78. The molecule has 1 atom stereocenters. The summed E-state index contributed by atoms with van der Waals surface area (Å²) in [6.07, 6.45) is 4.61. The molecule has 140 valence electrons. The second kappa shape index (κ2) is 7.34. The average molecular weight is 368 g/mol. The lowest BCUT2D eigenvalue weighted by molar-refractivity contribution is -0.119. The van der Waals surface area contributed by atoms with Gasteiger partial charge in [-0.05, 0) is 55.5 Å². The zero-order valence-corrected chi connectivity index (χ0v) is 14.8. The summed E-state index contributed by atoms with van der Waals surface area (Å²) < 4.78 is 18.4. The van der Waals surface area contributed by atoms with Gasteiger partial charge in [0.1, 0.15) is 18.2 Å². The standard InChI is InChI=1S/C20H21FN4O2/c21-15-6-10-18(23-11-15)25(19(26)14-4-5-14)17-8-2-13(3-9-17)1-7-16-12-27-20(22)24-16/h2-3,6,8-11,14,16H,1,4-5,7,12H2,(H2,22,24)/t16-/m0/s1. The number of carbonyl (C=O) groups excluding carboxylic acids is 1. The van der Waals surface area contributed by atoms with Crippen molar-refractivity contribution in [3.63, 3.8) is 0 Å². The number of rotatable bonds is 6. The summed E-state index contributed by atoms with van der Waals surface area (Å²) in [6.45, 7) is 0.532. The Balaban J connectivity index is 1.50. The molecule has 1 aliphatic heterocycles. The zero-order valence-electron chi connectivity index (χ0n) is 14.8. The first kappa shape index (κ1) is 17.5. The highest BCUT2D eigenvalue weighted by atomic mass is 19.1. The van der Waals surface area contributed by atoms with Crippen molar-refractivity contribution in [1.29, 1.82) is 0 Å². The number of hydrogen-bond acceptors (Lipinski definition) is 5. The van der Waals surface area contributed by atoms with Crippen LogP contribution >= 0.6 is 0 Å². The molecule has 0 bridgehead atoms. The Morgan fingerprint density at radius 1 is 1.22 bits per heavy atom. The molecule has 1 saturated carbocycles. The highest BCUT2D eigenvalue weighted by molar-refractivity contribution is 6.02. The van der Waals surface area contributed by atoms with Crippen LogP contribution < -0.4 is 10.6 Å². The summed E-state index contributed by atoms with van der Waals surface area (Å²) in [7, 11) is 0. The Kier molecular flexibility index (Phi) is 4.75. The number of hydrogen-bond donors (Lipinski definition) is 1. The SMILES string of the molecule is NC1=N[C@@H](CCc2ccc(N(C(=O)C3CC3)c3ccc(F)cn3)cc2)CO1. The van der Waals surface area contributed by atoms with Gasteiger partial charge in [0.05, 0.1) is 17.9 Å². The number of benzene rings is 1. The lowest BCUT2D eigenvalue weighted by atomic mass is 10.1. The fourth-order valence-electron chi connectivity index (χ4n) is 3.11. The molecule has 2 N–H and O–H groups in total.